The molecule has 8 nitrogen and oxygen atoms in total. The first kappa shape index (κ1) is 18.5. The molecule has 0 aliphatic carbocycles. The van der Waals surface area contributed by atoms with Gasteiger partial charge in [-0.15, -0.1) is 0 Å². The second kappa shape index (κ2) is 7.30. The van der Waals surface area contributed by atoms with E-state index in [1.54, 1.807) is 31.3 Å². The number of aryl methyl sites for hydroxylation is 1. The number of hydrogen-bond donors (Lipinski definition) is 0. The maximum Gasteiger partial charge on any atom is 0.350 e. The normalized spacial score (nSPS) is 11.1. The molecule has 148 valence electrons. The Kier molecular flexibility index (Phi) is 4.67. The van der Waals surface area contributed by atoms with E-state index in [4.69, 9.17) is 0 Å². The molecule has 0 radical (unpaired) electrons. The molecular weight excluding hydrogens is 382 g/mol. The predicted molar refractivity (Wildman–Crippen MR) is 99.9 cm³/mol. The van der Waals surface area contributed by atoms with Crippen LogP contribution in [0.3, 0.4) is 0 Å². The average Bonchev–Trinajstić information content (AvgIpc) is 3.22. The number of rotatable bonds is 5. The zero-order valence-electron chi connectivity index (χ0n) is 15.4. The second-order valence-corrected chi connectivity index (χ2v) is 6.48. The van der Waals surface area contributed by atoms with Gasteiger partial charge in [-0.2, -0.15) is 14.9 Å². The Hall–Kier alpha value is -3.82. The highest BCUT2D eigenvalue weighted by atomic mass is 19.1. The highest BCUT2D eigenvalue weighted by Gasteiger charge is 2.13. The zero-order chi connectivity index (χ0) is 20.5. The predicted octanol–water partition coefficient (Wildman–Crippen LogP) is 1.30. The summed E-state index contributed by atoms with van der Waals surface area (Å²) in [6.07, 6.45) is 2.68. The number of nitrogens with zero attached hydrogens (tertiary/aromatic N) is 6. The molecule has 0 saturated carbocycles. The molecule has 0 N–H and O–H groups in total. The van der Waals surface area contributed by atoms with Gasteiger partial charge in [0, 0.05) is 12.6 Å². The minimum absolute atomic E-state index is 0.202. The third-order valence-electron chi connectivity index (χ3n) is 4.54. The second-order valence-electron chi connectivity index (χ2n) is 6.48. The van der Waals surface area contributed by atoms with E-state index < -0.39 is 17.3 Å². The highest BCUT2D eigenvalue weighted by Crippen LogP contribution is 2.13. The van der Waals surface area contributed by atoms with Crippen LogP contribution in [0.15, 0.2) is 64.7 Å². The van der Waals surface area contributed by atoms with Crippen LogP contribution in [0.1, 0.15) is 11.1 Å². The van der Waals surface area contributed by atoms with Crippen molar-refractivity contribution in [3.05, 3.63) is 98.8 Å². The fourth-order valence-electron chi connectivity index (χ4n) is 2.95. The third-order valence-corrected chi connectivity index (χ3v) is 4.54. The first-order valence-corrected chi connectivity index (χ1v) is 8.69. The maximum atomic E-state index is 13.8. The summed E-state index contributed by atoms with van der Waals surface area (Å²) in [6.45, 7) is 0.0716. The van der Waals surface area contributed by atoms with E-state index in [1.807, 2.05) is 0 Å². The third kappa shape index (κ3) is 3.51. The highest BCUT2D eigenvalue weighted by molar-refractivity contribution is 5.33. The molecule has 0 spiro atoms. The molecule has 0 aliphatic rings. The van der Waals surface area contributed by atoms with Gasteiger partial charge < -0.3 is 0 Å². The van der Waals surface area contributed by atoms with Crippen molar-refractivity contribution in [2.45, 2.75) is 13.1 Å². The van der Waals surface area contributed by atoms with Gasteiger partial charge in [0.25, 0.3) is 0 Å². The van der Waals surface area contributed by atoms with E-state index in [1.165, 1.54) is 28.0 Å². The lowest BCUT2D eigenvalue weighted by molar-refractivity contribution is 0.541. The van der Waals surface area contributed by atoms with Gasteiger partial charge in [-0.05, 0) is 29.8 Å². The Morgan fingerprint density at radius 2 is 1.45 bits per heavy atom. The minimum atomic E-state index is -0.723. The van der Waals surface area contributed by atoms with Crippen LogP contribution in [0.4, 0.5) is 8.78 Å². The lowest BCUT2D eigenvalue weighted by atomic mass is 10.2. The zero-order valence-corrected chi connectivity index (χ0v) is 15.4. The Morgan fingerprint density at radius 3 is 2.07 bits per heavy atom. The minimum Gasteiger partial charge on any atom is -0.277 e. The quantitative estimate of drug-likeness (QED) is 0.508. The largest absolute Gasteiger partial charge is 0.350 e. The molecule has 10 heteroatoms. The molecule has 2 heterocycles. The summed E-state index contributed by atoms with van der Waals surface area (Å²) in [7, 11) is 1.57. The summed E-state index contributed by atoms with van der Waals surface area (Å²) >= 11 is 0. The van der Waals surface area contributed by atoms with Crippen molar-refractivity contribution in [3.8, 4) is 5.69 Å². The molecule has 0 aliphatic heterocycles. The van der Waals surface area contributed by atoms with Gasteiger partial charge >= 0.3 is 11.4 Å². The van der Waals surface area contributed by atoms with E-state index in [-0.39, 0.29) is 17.8 Å². The fourth-order valence-corrected chi connectivity index (χ4v) is 2.95. The first-order valence-electron chi connectivity index (χ1n) is 8.69. The molecule has 29 heavy (non-hydrogen) atoms. The van der Waals surface area contributed by atoms with Crippen molar-refractivity contribution in [1.29, 1.82) is 0 Å². The Bertz CT molecular complexity index is 1260. The smallest absolute Gasteiger partial charge is 0.277 e. The molecule has 0 amide bonds. The standard InChI is InChI=1S/C19H16F2N6O2/c1-24-18(28)25(11-22-24)9-13-5-7-14(8-6-13)27-19(29)26(12-23-27)10-15-16(20)3-2-4-17(15)21/h2-8,11-12H,9-10H2,1H3. The van der Waals surface area contributed by atoms with E-state index in [9.17, 15) is 18.4 Å². The number of halogens is 2. The van der Waals surface area contributed by atoms with Crippen LogP contribution < -0.4 is 11.4 Å². The van der Waals surface area contributed by atoms with Crippen LogP contribution in [0.2, 0.25) is 0 Å². The summed E-state index contributed by atoms with van der Waals surface area (Å²) in [5.41, 5.74) is 0.370. The van der Waals surface area contributed by atoms with Crippen molar-refractivity contribution >= 4 is 0 Å². The average molecular weight is 398 g/mol. The van der Waals surface area contributed by atoms with Gasteiger partial charge in [0.2, 0.25) is 0 Å². The topological polar surface area (TPSA) is 79.6 Å². The monoisotopic (exact) mass is 398 g/mol. The molecule has 0 atom stereocenters. The van der Waals surface area contributed by atoms with Crippen molar-refractivity contribution < 1.29 is 8.78 Å². The van der Waals surface area contributed by atoms with Gasteiger partial charge in [-0.1, -0.05) is 18.2 Å². The van der Waals surface area contributed by atoms with Gasteiger partial charge in [-0.25, -0.2) is 23.1 Å². The SMILES string of the molecule is Cn1ncn(Cc2ccc(-n3ncn(Cc4c(F)cccc4F)c3=O)cc2)c1=O. The maximum absolute atomic E-state index is 13.8. The first-order chi connectivity index (χ1) is 13.9. The van der Waals surface area contributed by atoms with Gasteiger partial charge in [0.05, 0.1) is 18.8 Å². The van der Waals surface area contributed by atoms with E-state index in [2.05, 4.69) is 10.2 Å². The van der Waals surface area contributed by atoms with Crippen LogP contribution >= 0.6 is 0 Å². The van der Waals surface area contributed by atoms with Crippen LogP contribution in [-0.2, 0) is 20.1 Å². The summed E-state index contributed by atoms with van der Waals surface area (Å²) in [5.74, 6) is -1.45. The number of hydrogen-bond acceptors (Lipinski definition) is 4. The van der Waals surface area contributed by atoms with Crippen LogP contribution in [0, 0.1) is 11.6 Å². The number of aromatic nitrogens is 6. The molecule has 0 saturated heterocycles. The molecule has 4 rings (SSSR count). The lowest BCUT2D eigenvalue weighted by Gasteiger charge is -2.05. The molecule has 0 bridgehead atoms. The van der Waals surface area contributed by atoms with Crippen molar-refractivity contribution in [3.63, 3.8) is 0 Å². The lowest BCUT2D eigenvalue weighted by Crippen LogP contribution is -2.25. The molecule has 0 unspecified atom stereocenters. The Balaban J connectivity index is 1.57. The van der Waals surface area contributed by atoms with E-state index in [0.29, 0.717) is 12.2 Å². The fraction of sp³-hybridized carbons (Fsp3) is 0.158. The molecule has 0 fully saturated rings. The summed E-state index contributed by atoms with van der Waals surface area (Å²) < 4.78 is 32.6. The molecular formula is C19H16F2N6O2. The van der Waals surface area contributed by atoms with E-state index in [0.717, 1.165) is 26.9 Å². The van der Waals surface area contributed by atoms with Gasteiger partial charge in [0.1, 0.15) is 24.3 Å². The summed E-state index contributed by atoms with van der Waals surface area (Å²) in [6, 6.07) is 10.4. The number of benzene rings is 2. The van der Waals surface area contributed by atoms with Crippen molar-refractivity contribution in [2.75, 3.05) is 0 Å². The Morgan fingerprint density at radius 1 is 0.828 bits per heavy atom. The molecule has 4 aromatic rings. The van der Waals surface area contributed by atoms with E-state index >= 15 is 0 Å². The van der Waals surface area contributed by atoms with Crippen molar-refractivity contribution in [1.82, 2.24) is 28.7 Å². The van der Waals surface area contributed by atoms with Crippen LogP contribution in [0.25, 0.3) is 5.69 Å². The van der Waals surface area contributed by atoms with Crippen LogP contribution in [-0.4, -0.2) is 28.7 Å². The Labute approximate surface area is 162 Å². The molecule has 2 aromatic heterocycles. The molecule has 2 aromatic carbocycles. The van der Waals surface area contributed by atoms with Gasteiger partial charge in [-0.3, -0.25) is 9.13 Å². The van der Waals surface area contributed by atoms with Crippen LogP contribution in [0.5, 0.6) is 0 Å². The van der Waals surface area contributed by atoms with Gasteiger partial charge in [0.15, 0.2) is 0 Å². The van der Waals surface area contributed by atoms with Crippen molar-refractivity contribution in [2.24, 2.45) is 7.05 Å². The summed E-state index contributed by atoms with van der Waals surface area (Å²) in [5, 5.41) is 7.92. The summed E-state index contributed by atoms with van der Waals surface area (Å²) in [4.78, 5) is 24.4.